The molecule has 2 heterocycles. The van der Waals surface area contributed by atoms with E-state index >= 15 is 0 Å². The van der Waals surface area contributed by atoms with Crippen molar-refractivity contribution in [2.45, 2.75) is 20.4 Å². The van der Waals surface area contributed by atoms with Gasteiger partial charge >= 0.3 is 5.88 Å². The van der Waals surface area contributed by atoms with Gasteiger partial charge in [0.25, 0.3) is 5.91 Å². The van der Waals surface area contributed by atoms with Gasteiger partial charge in [0.1, 0.15) is 4.92 Å². The molecule has 0 atom stereocenters. The summed E-state index contributed by atoms with van der Waals surface area (Å²) in [5, 5.41) is 13.0. The maximum absolute atomic E-state index is 11.8. The minimum absolute atomic E-state index is 0.0801. The summed E-state index contributed by atoms with van der Waals surface area (Å²) >= 11 is 0. The first-order valence-electron chi connectivity index (χ1n) is 6.38. The van der Waals surface area contributed by atoms with Crippen LogP contribution in [0.25, 0.3) is 0 Å². The smallest absolute Gasteiger partial charge is 0.395 e. The molecule has 2 aromatic heterocycles. The van der Waals surface area contributed by atoms with Crippen LogP contribution in [0.5, 0.6) is 0 Å². The van der Waals surface area contributed by atoms with E-state index in [4.69, 9.17) is 4.42 Å². The fraction of sp³-hybridized carbons (Fsp3) is 0.214. The van der Waals surface area contributed by atoms with Crippen molar-refractivity contribution in [3.05, 3.63) is 57.1 Å². The largest absolute Gasteiger partial charge is 0.433 e. The third-order valence-corrected chi connectivity index (χ3v) is 2.95. The van der Waals surface area contributed by atoms with Gasteiger partial charge in [0.2, 0.25) is 0 Å². The number of ketones is 1. The van der Waals surface area contributed by atoms with Gasteiger partial charge < -0.3 is 9.73 Å². The maximum Gasteiger partial charge on any atom is 0.433 e. The molecule has 1 N–H and O–H groups in total. The molecule has 0 bridgehead atoms. The minimum Gasteiger partial charge on any atom is -0.395 e. The number of pyridine rings is 1. The predicted molar refractivity (Wildman–Crippen MR) is 75.5 cm³/mol. The quantitative estimate of drug-likeness (QED) is 0.513. The first kappa shape index (κ1) is 15.4. The summed E-state index contributed by atoms with van der Waals surface area (Å²) in [5.41, 5.74) is 1.67. The third-order valence-electron chi connectivity index (χ3n) is 2.95. The van der Waals surface area contributed by atoms with E-state index in [0.717, 1.165) is 6.07 Å². The van der Waals surface area contributed by atoms with Crippen molar-refractivity contribution in [1.29, 1.82) is 0 Å². The zero-order valence-corrected chi connectivity index (χ0v) is 12.0. The highest BCUT2D eigenvalue weighted by atomic mass is 16.6. The van der Waals surface area contributed by atoms with Crippen LogP contribution in [0, 0.1) is 17.0 Å². The number of carbonyl (C=O) groups excluding carboxylic acids is 2. The van der Waals surface area contributed by atoms with Crippen molar-refractivity contribution in [3.63, 3.8) is 0 Å². The van der Waals surface area contributed by atoms with Crippen LogP contribution >= 0.6 is 0 Å². The second kappa shape index (κ2) is 6.17. The number of furan rings is 1. The lowest BCUT2D eigenvalue weighted by molar-refractivity contribution is -0.402. The van der Waals surface area contributed by atoms with Gasteiger partial charge in [-0.1, -0.05) is 0 Å². The Morgan fingerprint density at radius 3 is 2.59 bits per heavy atom. The van der Waals surface area contributed by atoms with Crippen molar-refractivity contribution in [3.8, 4) is 0 Å². The first-order valence-corrected chi connectivity index (χ1v) is 6.38. The standard InChI is InChI=1S/C14H13N3O5/c1-8-11(9(2)18)4-3-10(16-8)7-15-14(19)12-5-6-13(22-12)17(20)21/h3-6H,7H2,1-2H3,(H,15,19). The van der Waals surface area contributed by atoms with E-state index in [0.29, 0.717) is 17.0 Å². The van der Waals surface area contributed by atoms with E-state index in [1.165, 1.54) is 13.0 Å². The van der Waals surface area contributed by atoms with Crippen LogP contribution in [0.1, 0.15) is 39.2 Å². The molecule has 114 valence electrons. The number of carbonyl (C=O) groups is 2. The Balaban J connectivity index is 2.03. The molecule has 0 saturated carbocycles. The molecule has 0 aromatic carbocycles. The van der Waals surface area contributed by atoms with Crippen LogP contribution < -0.4 is 5.32 Å². The summed E-state index contributed by atoms with van der Waals surface area (Å²) in [6, 6.07) is 5.61. The summed E-state index contributed by atoms with van der Waals surface area (Å²) in [6.45, 7) is 3.28. The number of nitrogens with zero attached hydrogens (tertiary/aromatic N) is 2. The van der Waals surface area contributed by atoms with Crippen LogP contribution in [0.2, 0.25) is 0 Å². The Kier molecular flexibility index (Phi) is 4.31. The number of aromatic nitrogens is 1. The van der Waals surface area contributed by atoms with E-state index in [2.05, 4.69) is 10.3 Å². The highest BCUT2D eigenvalue weighted by Crippen LogP contribution is 2.15. The van der Waals surface area contributed by atoms with E-state index in [1.807, 2.05) is 0 Å². The van der Waals surface area contributed by atoms with E-state index in [9.17, 15) is 19.7 Å². The lowest BCUT2D eigenvalue weighted by atomic mass is 10.1. The number of nitrogens with one attached hydrogen (secondary N) is 1. The monoisotopic (exact) mass is 303 g/mol. The number of amides is 1. The molecule has 0 radical (unpaired) electrons. The lowest BCUT2D eigenvalue weighted by Crippen LogP contribution is -2.23. The number of Topliss-reactive ketones (excluding diaryl/α,β-unsaturated/α-hetero) is 1. The van der Waals surface area contributed by atoms with Gasteiger partial charge in [-0.05, 0) is 32.0 Å². The third kappa shape index (κ3) is 3.35. The zero-order valence-electron chi connectivity index (χ0n) is 12.0. The Hall–Kier alpha value is -3.03. The van der Waals surface area contributed by atoms with Crippen molar-refractivity contribution in [2.75, 3.05) is 0 Å². The van der Waals surface area contributed by atoms with Crippen molar-refractivity contribution < 1.29 is 18.9 Å². The van der Waals surface area contributed by atoms with Crippen molar-refractivity contribution in [1.82, 2.24) is 10.3 Å². The zero-order chi connectivity index (χ0) is 16.3. The molecule has 0 fully saturated rings. The highest BCUT2D eigenvalue weighted by molar-refractivity contribution is 5.95. The van der Waals surface area contributed by atoms with E-state index in [1.54, 1.807) is 19.1 Å². The van der Waals surface area contributed by atoms with Crippen LogP contribution in [0.4, 0.5) is 5.88 Å². The lowest BCUT2D eigenvalue weighted by Gasteiger charge is -2.06. The molecular formula is C14H13N3O5. The molecule has 2 rings (SSSR count). The first-order chi connectivity index (χ1) is 10.4. The van der Waals surface area contributed by atoms with Crippen molar-refractivity contribution in [2.24, 2.45) is 0 Å². The Morgan fingerprint density at radius 2 is 2.05 bits per heavy atom. The van der Waals surface area contributed by atoms with Gasteiger partial charge in [-0.3, -0.25) is 24.7 Å². The van der Waals surface area contributed by atoms with Gasteiger partial charge in [0.05, 0.1) is 18.3 Å². The molecule has 8 heteroatoms. The average molecular weight is 303 g/mol. The fourth-order valence-corrected chi connectivity index (χ4v) is 1.89. The number of aryl methyl sites for hydroxylation is 1. The molecule has 0 aliphatic heterocycles. The summed E-state index contributed by atoms with van der Waals surface area (Å²) in [7, 11) is 0. The minimum atomic E-state index is -0.720. The molecule has 0 aliphatic rings. The topological polar surface area (TPSA) is 115 Å². The van der Waals surface area contributed by atoms with Gasteiger partial charge in [0, 0.05) is 11.3 Å². The molecule has 2 aromatic rings. The number of hydrogen-bond donors (Lipinski definition) is 1. The summed E-state index contributed by atoms with van der Waals surface area (Å²) in [6.07, 6.45) is 0. The molecule has 0 saturated heterocycles. The molecule has 0 spiro atoms. The normalized spacial score (nSPS) is 10.3. The summed E-state index contributed by atoms with van der Waals surface area (Å²) in [4.78, 5) is 37.1. The van der Waals surface area contributed by atoms with Gasteiger partial charge in [-0.15, -0.1) is 0 Å². The average Bonchev–Trinajstić information content (AvgIpc) is 2.94. The Morgan fingerprint density at radius 1 is 1.32 bits per heavy atom. The molecule has 8 nitrogen and oxygen atoms in total. The van der Waals surface area contributed by atoms with Gasteiger partial charge in [-0.25, -0.2) is 0 Å². The Bertz CT molecular complexity index is 751. The molecule has 0 aliphatic carbocycles. The predicted octanol–water partition coefficient (Wildman–Crippen LogP) is 2.02. The number of nitro groups is 1. The van der Waals surface area contributed by atoms with Crippen molar-refractivity contribution >= 4 is 17.6 Å². The SMILES string of the molecule is CC(=O)c1ccc(CNC(=O)c2ccc([N+](=O)[O-])o2)nc1C. The maximum atomic E-state index is 11.8. The number of hydrogen-bond acceptors (Lipinski definition) is 6. The fourth-order valence-electron chi connectivity index (χ4n) is 1.89. The molecular weight excluding hydrogens is 290 g/mol. The summed E-state index contributed by atoms with van der Waals surface area (Å²) < 4.78 is 4.79. The second-order valence-electron chi connectivity index (χ2n) is 4.57. The molecule has 22 heavy (non-hydrogen) atoms. The number of rotatable bonds is 5. The van der Waals surface area contributed by atoms with Gasteiger partial charge in [-0.2, -0.15) is 0 Å². The van der Waals surface area contributed by atoms with Crippen LogP contribution in [-0.4, -0.2) is 21.6 Å². The highest BCUT2D eigenvalue weighted by Gasteiger charge is 2.17. The second-order valence-corrected chi connectivity index (χ2v) is 4.57. The molecule has 0 unspecified atom stereocenters. The molecule has 1 amide bonds. The van der Waals surface area contributed by atoms with E-state index < -0.39 is 16.7 Å². The summed E-state index contributed by atoms with van der Waals surface area (Å²) in [5.74, 6) is -1.31. The van der Waals surface area contributed by atoms with Crippen LogP contribution in [-0.2, 0) is 6.54 Å². The van der Waals surface area contributed by atoms with Crippen LogP contribution in [0.15, 0.2) is 28.7 Å². The van der Waals surface area contributed by atoms with E-state index in [-0.39, 0.29) is 18.1 Å². The Labute approximate surface area is 125 Å². The van der Waals surface area contributed by atoms with Crippen LogP contribution in [0.3, 0.4) is 0 Å². The van der Waals surface area contributed by atoms with Gasteiger partial charge in [0.15, 0.2) is 11.5 Å².